The molecule has 0 amide bonds. The maximum absolute atomic E-state index is 11.6. The monoisotopic (exact) mass is 123 g/mol. The Morgan fingerprint density at radius 1 is 1.62 bits per heavy atom. The van der Waals surface area contributed by atoms with Gasteiger partial charge in [0.15, 0.2) is 0 Å². The predicted molar refractivity (Wildman–Crippen MR) is 23.7 cm³/mol. The lowest BCUT2D eigenvalue weighted by Crippen LogP contribution is -2.31. The zero-order valence-corrected chi connectivity index (χ0v) is 4.23. The van der Waals surface area contributed by atoms with Gasteiger partial charge in [0.2, 0.25) is 0 Å². The highest BCUT2D eigenvalue weighted by molar-refractivity contribution is 4.70. The molecular weight excluding hydrogens is 116 g/mol. The summed E-state index contributed by atoms with van der Waals surface area (Å²) in [4.78, 5) is 0. The molecular formula is C4H7F2NO. The van der Waals surface area contributed by atoms with Gasteiger partial charge in [-0.2, -0.15) is 0 Å². The van der Waals surface area contributed by atoms with Gasteiger partial charge in [-0.25, -0.2) is 8.78 Å². The van der Waals surface area contributed by atoms with E-state index in [0.717, 1.165) is 0 Å². The smallest absolute Gasteiger partial charge is 0.256 e. The Morgan fingerprint density at radius 2 is 2.38 bits per heavy atom. The molecule has 0 radical (unpaired) electrons. The first-order valence-corrected chi connectivity index (χ1v) is 2.40. The van der Waals surface area contributed by atoms with E-state index in [0.29, 0.717) is 0 Å². The first-order valence-electron chi connectivity index (χ1n) is 2.40. The molecule has 1 rings (SSSR count). The van der Waals surface area contributed by atoms with Gasteiger partial charge in [-0.3, -0.25) is 5.32 Å². The van der Waals surface area contributed by atoms with Crippen molar-refractivity contribution in [1.29, 1.82) is 0 Å². The number of hydrogen-bond acceptors (Lipinski definition) is 2. The van der Waals surface area contributed by atoms with E-state index in [1.165, 1.54) is 0 Å². The summed E-state index contributed by atoms with van der Waals surface area (Å²) in [5.74, 6) is 0. The lowest BCUT2D eigenvalue weighted by Gasteiger charge is -2.03. The predicted octanol–water partition coefficient (Wildman–Crippen LogP) is 0.197. The number of halogens is 2. The van der Waals surface area contributed by atoms with Crippen LogP contribution in [0.1, 0.15) is 0 Å². The second kappa shape index (κ2) is 2.37. The molecule has 0 bridgehead atoms. The van der Waals surface area contributed by atoms with Crippen LogP contribution >= 0.6 is 0 Å². The summed E-state index contributed by atoms with van der Waals surface area (Å²) < 4.78 is 27.8. The molecule has 0 saturated carbocycles. The summed E-state index contributed by atoms with van der Waals surface area (Å²) >= 11 is 0. The van der Waals surface area contributed by atoms with Crippen LogP contribution in [0.3, 0.4) is 0 Å². The van der Waals surface area contributed by atoms with Gasteiger partial charge in [0.1, 0.15) is 0 Å². The fourth-order valence-electron chi connectivity index (χ4n) is 0.573. The van der Waals surface area contributed by atoms with Gasteiger partial charge in [0, 0.05) is 0 Å². The van der Waals surface area contributed by atoms with E-state index in [1.54, 1.807) is 0 Å². The topological polar surface area (TPSA) is 21.3 Å². The van der Waals surface area contributed by atoms with Gasteiger partial charge >= 0.3 is 0 Å². The quantitative estimate of drug-likeness (QED) is 0.537. The van der Waals surface area contributed by atoms with Crippen molar-refractivity contribution in [2.75, 3.05) is 13.3 Å². The van der Waals surface area contributed by atoms with Crippen molar-refractivity contribution in [3.8, 4) is 0 Å². The zero-order valence-electron chi connectivity index (χ0n) is 4.23. The standard InChI is InChI=1S/C4H7F2NO/c5-4(6)3-1-8-2-7-3/h3-4,7H,1-2H2/t3-/m0/s1. The molecule has 1 fully saturated rings. The molecule has 4 heteroatoms. The lowest BCUT2D eigenvalue weighted by atomic mass is 10.3. The number of hydrogen-bond donors (Lipinski definition) is 1. The minimum atomic E-state index is -2.29. The van der Waals surface area contributed by atoms with Crippen molar-refractivity contribution in [3.63, 3.8) is 0 Å². The molecule has 0 unspecified atom stereocenters. The average Bonchev–Trinajstić information content (AvgIpc) is 2.12. The normalized spacial score (nSPS) is 29.6. The van der Waals surface area contributed by atoms with E-state index < -0.39 is 12.5 Å². The SMILES string of the molecule is FC(F)[C@@H]1COCN1. The first kappa shape index (κ1) is 5.91. The van der Waals surface area contributed by atoms with Crippen LogP contribution in [0.15, 0.2) is 0 Å². The molecule has 8 heavy (non-hydrogen) atoms. The van der Waals surface area contributed by atoms with Crippen molar-refractivity contribution in [2.24, 2.45) is 0 Å². The van der Waals surface area contributed by atoms with Crippen molar-refractivity contribution < 1.29 is 13.5 Å². The largest absolute Gasteiger partial charge is 0.364 e. The molecule has 48 valence electrons. The van der Waals surface area contributed by atoms with Crippen molar-refractivity contribution in [1.82, 2.24) is 5.32 Å². The summed E-state index contributed by atoms with van der Waals surface area (Å²) in [5.41, 5.74) is 0. The Bertz CT molecular complexity index is 72.4. The van der Waals surface area contributed by atoms with Gasteiger partial charge in [-0.1, -0.05) is 0 Å². The van der Waals surface area contributed by atoms with Crippen LogP contribution in [0.5, 0.6) is 0 Å². The second-order valence-electron chi connectivity index (χ2n) is 1.66. The third-order valence-electron chi connectivity index (χ3n) is 1.05. The summed E-state index contributed by atoms with van der Waals surface area (Å²) in [6, 6.07) is -0.741. The summed E-state index contributed by atoms with van der Waals surface area (Å²) in [6.45, 7) is 0.396. The molecule has 1 heterocycles. The molecule has 1 aliphatic heterocycles. The van der Waals surface area contributed by atoms with Crippen molar-refractivity contribution >= 4 is 0 Å². The van der Waals surface area contributed by atoms with E-state index >= 15 is 0 Å². The molecule has 1 aliphatic rings. The molecule has 2 nitrogen and oxygen atoms in total. The molecule has 1 saturated heterocycles. The molecule has 0 aromatic carbocycles. The van der Waals surface area contributed by atoms with E-state index in [1.807, 2.05) is 0 Å². The highest BCUT2D eigenvalue weighted by atomic mass is 19.3. The van der Waals surface area contributed by atoms with E-state index in [9.17, 15) is 8.78 Å². The van der Waals surface area contributed by atoms with Crippen LogP contribution < -0.4 is 5.32 Å². The van der Waals surface area contributed by atoms with Crippen molar-refractivity contribution in [2.45, 2.75) is 12.5 Å². The van der Waals surface area contributed by atoms with Crippen LogP contribution in [0.25, 0.3) is 0 Å². The van der Waals surface area contributed by atoms with Crippen LogP contribution in [-0.2, 0) is 4.74 Å². The van der Waals surface area contributed by atoms with Gasteiger partial charge in [0.25, 0.3) is 6.43 Å². The van der Waals surface area contributed by atoms with Crippen LogP contribution in [-0.4, -0.2) is 25.8 Å². The molecule has 0 aromatic heterocycles. The van der Waals surface area contributed by atoms with Gasteiger partial charge < -0.3 is 4.74 Å². The molecule has 0 aromatic rings. The third-order valence-corrected chi connectivity index (χ3v) is 1.05. The fourth-order valence-corrected chi connectivity index (χ4v) is 0.573. The minimum absolute atomic E-state index is 0.137. The Labute approximate surface area is 45.8 Å². The van der Waals surface area contributed by atoms with E-state index in [-0.39, 0.29) is 13.3 Å². The van der Waals surface area contributed by atoms with E-state index in [2.05, 4.69) is 10.1 Å². The summed E-state index contributed by atoms with van der Waals surface area (Å²) in [7, 11) is 0. The number of ether oxygens (including phenoxy) is 1. The van der Waals surface area contributed by atoms with Gasteiger partial charge in [-0.15, -0.1) is 0 Å². The Kier molecular flexibility index (Phi) is 1.75. The minimum Gasteiger partial charge on any atom is -0.364 e. The molecule has 1 N–H and O–H groups in total. The maximum Gasteiger partial charge on any atom is 0.256 e. The van der Waals surface area contributed by atoms with Gasteiger partial charge in [0.05, 0.1) is 19.4 Å². The van der Waals surface area contributed by atoms with Crippen molar-refractivity contribution in [3.05, 3.63) is 0 Å². The summed E-state index contributed by atoms with van der Waals surface area (Å²) in [5, 5.41) is 2.48. The molecule has 1 atom stereocenters. The van der Waals surface area contributed by atoms with Crippen LogP contribution in [0.2, 0.25) is 0 Å². The van der Waals surface area contributed by atoms with Crippen LogP contribution in [0.4, 0.5) is 8.78 Å². The Morgan fingerprint density at radius 3 is 2.62 bits per heavy atom. The zero-order chi connectivity index (χ0) is 5.98. The molecule has 0 aliphatic carbocycles. The lowest BCUT2D eigenvalue weighted by molar-refractivity contribution is 0.0967. The Hall–Kier alpha value is -0.220. The second-order valence-corrected chi connectivity index (χ2v) is 1.66. The van der Waals surface area contributed by atoms with Gasteiger partial charge in [-0.05, 0) is 0 Å². The van der Waals surface area contributed by atoms with E-state index in [4.69, 9.17) is 0 Å². The third kappa shape index (κ3) is 1.14. The maximum atomic E-state index is 11.6. The fraction of sp³-hybridized carbons (Fsp3) is 1.00. The first-order chi connectivity index (χ1) is 3.80. The summed E-state index contributed by atoms with van der Waals surface area (Å²) in [6.07, 6.45) is -2.29. The number of nitrogens with one attached hydrogen (secondary N) is 1. The average molecular weight is 123 g/mol. The highest BCUT2D eigenvalue weighted by Crippen LogP contribution is 2.04. The van der Waals surface area contributed by atoms with Crippen LogP contribution in [0, 0.1) is 0 Å². The molecule has 0 spiro atoms. The highest BCUT2D eigenvalue weighted by Gasteiger charge is 2.23. The Balaban J connectivity index is 2.24. The number of alkyl halides is 2. The number of rotatable bonds is 1.